The van der Waals surface area contributed by atoms with Gasteiger partial charge in [0.1, 0.15) is 5.75 Å². The monoisotopic (exact) mass is 313 g/mol. The van der Waals surface area contributed by atoms with Crippen molar-refractivity contribution < 1.29 is 22.7 Å². The minimum atomic E-state index is -4.73. The van der Waals surface area contributed by atoms with Crippen LogP contribution in [0.2, 0.25) is 0 Å². The number of carbonyl (C=O) groups excluding carboxylic acids is 1. The second-order valence-electron chi connectivity index (χ2n) is 4.62. The van der Waals surface area contributed by atoms with Crippen LogP contribution in [0.15, 0.2) is 42.6 Å². The van der Waals surface area contributed by atoms with Crippen LogP contribution in [0.1, 0.15) is 18.2 Å². The second-order valence-corrected chi connectivity index (χ2v) is 4.62. The normalized spacial score (nSPS) is 12.9. The van der Waals surface area contributed by atoms with E-state index in [-0.39, 0.29) is 12.2 Å². The van der Waals surface area contributed by atoms with Crippen molar-refractivity contribution in [3.05, 3.63) is 48.3 Å². The molecule has 0 radical (unpaired) electrons. The number of hydrogen-bond acceptors (Lipinski definition) is 3. The molecule has 0 aliphatic rings. The van der Waals surface area contributed by atoms with E-state index in [9.17, 15) is 18.0 Å². The Morgan fingerprint density at radius 2 is 1.86 bits per heavy atom. The van der Waals surface area contributed by atoms with Gasteiger partial charge in [0.2, 0.25) is 5.91 Å². The van der Waals surface area contributed by atoms with Crippen LogP contribution < -0.4 is 16.2 Å². The van der Waals surface area contributed by atoms with Gasteiger partial charge in [0.25, 0.3) is 0 Å². The summed E-state index contributed by atoms with van der Waals surface area (Å²) in [5.74, 6) is -0.847. The van der Waals surface area contributed by atoms with Crippen molar-refractivity contribution in [2.24, 2.45) is 11.5 Å². The predicted octanol–water partition coefficient (Wildman–Crippen LogP) is 2.25. The highest BCUT2D eigenvalue weighted by molar-refractivity contribution is 5.74. The SMILES string of the molecule is NC(=O)CC(N)c1cccn1-c1ccc(OC(F)(F)F)cc1. The van der Waals surface area contributed by atoms with Gasteiger partial charge in [-0.1, -0.05) is 0 Å². The summed E-state index contributed by atoms with van der Waals surface area (Å²) in [6.07, 6.45) is -3.07. The molecule has 1 aromatic carbocycles. The molecular formula is C14H14F3N3O2. The Morgan fingerprint density at radius 1 is 1.23 bits per heavy atom. The average molecular weight is 313 g/mol. The van der Waals surface area contributed by atoms with Gasteiger partial charge in [-0.05, 0) is 36.4 Å². The highest BCUT2D eigenvalue weighted by atomic mass is 19.4. The third-order valence-corrected chi connectivity index (χ3v) is 2.93. The van der Waals surface area contributed by atoms with Gasteiger partial charge in [-0.25, -0.2) is 0 Å². The number of hydrogen-bond donors (Lipinski definition) is 2. The van der Waals surface area contributed by atoms with E-state index in [1.165, 1.54) is 24.3 Å². The van der Waals surface area contributed by atoms with Crippen molar-refractivity contribution >= 4 is 5.91 Å². The maximum Gasteiger partial charge on any atom is 0.573 e. The van der Waals surface area contributed by atoms with E-state index in [0.717, 1.165) is 0 Å². The molecule has 1 amide bonds. The van der Waals surface area contributed by atoms with Crippen LogP contribution in [0, 0.1) is 0 Å². The van der Waals surface area contributed by atoms with Crippen molar-refractivity contribution in [3.63, 3.8) is 0 Å². The van der Waals surface area contributed by atoms with Gasteiger partial charge in [-0.2, -0.15) is 0 Å². The molecule has 5 nitrogen and oxygen atoms in total. The third-order valence-electron chi connectivity index (χ3n) is 2.93. The molecule has 0 aliphatic heterocycles. The van der Waals surface area contributed by atoms with Crippen molar-refractivity contribution in [1.29, 1.82) is 0 Å². The number of nitrogens with zero attached hydrogens (tertiary/aromatic N) is 1. The van der Waals surface area contributed by atoms with Crippen LogP contribution in [0.4, 0.5) is 13.2 Å². The molecule has 0 spiro atoms. The van der Waals surface area contributed by atoms with E-state index < -0.39 is 18.3 Å². The number of alkyl halides is 3. The van der Waals surface area contributed by atoms with Crippen LogP contribution in [-0.4, -0.2) is 16.8 Å². The fraction of sp³-hybridized carbons (Fsp3) is 0.214. The van der Waals surface area contributed by atoms with Crippen molar-refractivity contribution in [3.8, 4) is 11.4 Å². The van der Waals surface area contributed by atoms with E-state index in [1.54, 1.807) is 22.9 Å². The van der Waals surface area contributed by atoms with Crippen LogP contribution in [0.3, 0.4) is 0 Å². The molecule has 118 valence electrons. The highest BCUT2D eigenvalue weighted by Gasteiger charge is 2.31. The van der Waals surface area contributed by atoms with Crippen molar-refractivity contribution in [2.75, 3.05) is 0 Å². The number of benzene rings is 1. The first-order valence-electron chi connectivity index (χ1n) is 6.33. The fourth-order valence-corrected chi connectivity index (χ4v) is 2.06. The lowest BCUT2D eigenvalue weighted by Crippen LogP contribution is -2.22. The highest BCUT2D eigenvalue weighted by Crippen LogP contribution is 2.25. The summed E-state index contributed by atoms with van der Waals surface area (Å²) in [6, 6.07) is 8.16. The molecule has 0 aliphatic carbocycles. The van der Waals surface area contributed by atoms with E-state index in [1.807, 2.05) is 0 Å². The number of nitrogens with two attached hydrogens (primary N) is 2. The topological polar surface area (TPSA) is 83.3 Å². The summed E-state index contributed by atoms with van der Waals surface area (Å²) < 4.78 is 41.8. The molecule has 4 N–H and O–H groups in total. The lowest BCUT2D eigenvalue weighted by molar-refractivity contribution is -0.274. The lowest BCUT2D eigenvalue weighted by atomic mass is 10.1. The van der Waals surface area contributed by atoms with E-state index in [2.05, 4.69) is 4.74 Å². The summed E-state index contributed by atoms with van der Waals surface area (Å²) in [6.45, 7) is 0. The van der Waals surface area contributed by atoms with Gasteiger partial charge < -0.3 is 20.8 Å². The Morgan fingerprint density at radius 3 is 2.41 bits per heavy atom. The van der Waals surface area contributed by atoms with E-state index in [0.29, 0.717) is 11.4 Å². The van der Waals surface area contributed by atoms with Crippen molar-refractivity contribution in [1.82, 2.24) is 4.57 Å². The average Bonchev–Trinajstić information content (AvgIpc) is 2.86. The molecular weight excluding hydrogens is 299 g/mol. The van der Waals surface area contributed by atoms with Gasteiger partial charge in [-0.15, -0.1) is 13.2 Å². The van der Waals surface area contributed by atoms with Crippen molar-refractivity contribution in [2.45, 2.75) is 18.8 Å². The molecule has 1 unspecified atom stereocenters. The van der Waals surface area contributed by atoms with Crippen LogP contribution >= 0.6 is 0 Å². The number of aromatic nitrogens is 1. The number of ether oxygens (including phenoxy) is 1. The first kappa shape index (κ1) is 15.9. The third kappa shape index (κ3) is 4.01. The van der Waals surface area contributed by atoms with Crippen LogP contribution in [0.5, 0.6) is 5.75 Å². The number of halogens is 3. The molecule has 0 bridgehead atoms. The molecule has 1 aromatic heterocycles. The molecule has 22 heavy (non-hydrogen) atoms. The molecule has 0 saturated carbocycles. The quantitative estimate of drug-likeness (QED) is 0.888. The lowest BCUT2D eigenvalue weighted by Gasteiger charge is -2.15. The van der Waals surface area contributed by atoms with Crippen LogP contribution in [0.25, 0.3) is 5.69 Å². The van der Waals surface area contributed by atoms with E-state index >= 15 is 0 Å². The summed E-state index contributed by atoms with van der Waals surface area (Å²) in [4.78, 5) is 10.9. The summed E-state index contributed by atoms with van der Waals surface area (Å²) in [5, 5.41) is 0. The van der Waals surface area contributed by atoms with Gasteiger partial charge in [0.05, 0.1) is 6.04 Å². The van der Waals surface area contributed by atoms with E-state index in [4.69, 9.17) is 11.5 Å². The molecule has 1 atom stereocenters. The molecule has 0 saturated heterocycles. The zero-order valence-corrected chi connectivity index (χ0v) is 11.4. The summed E-state index contributed by atoms with van der Waals surface area (Å²) in [5.41, 5.74) is 12.2. The fourth-order valence-electron chi connectivity index (χ4n) is 2.06. The molecule has 2 rings (SSSR count). The maximum absolute atomic E-state index is 12.1. The predicted molar refractivity (Wildman–Crippen MR) is 73.2 cm³/mol. The Bertz CT molecular complexity index is 650. The Kier molecular flexibility index (Phi) is 4.41. The maximum atomic E-state index is 12.1. The Hall–Kier alpha value is -2.48. The van der Waals surface area contributed by atoms with Gasteiger partial charge in [0, 0.05) is 24.0 Å². The summed E-state index contributed by atoms with van der Waals surface area (Å²) >= 11 is 0. The second kappa shape index (κ2) is 6.10. The number of primary amides is 1. The van der Waals surface area contributed by atoms with Gasteiger partial charge in [0.15, 0.2) is 0 Å². The Labute approximate surface area is 124 Å². The standard InChI is InChI=1S/C14H14F3N3O2/c15-14(16,17)22-10-5-3-9(4-6-10)20-7-1-2-12(20)11(18)8-13(19)21/h1-7,11H,8,18H2,(H2,19,21). The smallest absolute Gasteiger partial charge is 0.406 e. The first-order valence-corrected chi connectivity index (χ1v) is 6.33. The number of rotatable bonds is 5. The number of amides is 1. The summed E-state index contributed by atoms with van der Waals surface area (Å²) in [7, 11) is 0. The minimum absolute atomic E-state index is 0.0285. The molecule has 2 aromatic rings. The molecule has 0 fully saturated rings. The first-order chi connectivity index (χ1) is 10.3. The largest absolute Gasteiger partial charge is 0.573 e. The zero-order chi connectivity index (χ0) is 16.3. The minimum Gasteiger partial charge on any atom is -0.406 e. The Balaban J connectivity index is 2.22. The zero-order valence-electron chi connectivity index (χ0n) is 11.4. The number of carbonyl (C=O) groups is 1. The molecule has 1 heterocycles. The van der Waals surface area contributed by atoms with Gasteiger partial charge >= 0.3 is 6.36 Å². The van der Waals surface area contributed by atoms with Crippen LogP contribution in [-0.2, 0) is 4.79 Å². The van der Waals surface area contributed by atoms with Gasteiger partial charge in [-0.3, -0.25) is 4.79 Å². The molecule has 8 heteroatoms.